The summed E-state index contributed by atoms with van der Waals surface area (Å²) in [5.41, 5.74) is -0.143. The lowest BCUT2D eigenvalue weighted by Crippen LogP contribution is -2.30. The first-order chi connectivity index (χ1) is 9.01. The van der Waals surface area contributed by atoms with Crippen molar-refractivity contribution in [2.45, 2.75) is 26.4 Å². The minimum Gasteiger partial charge on any atom is -0.464 e. The zero-order valence-electron chi connectivity index (χ0n) is 10.9. The van der Waals surface area contributed by atoms with E-state index in [0.29, 0.717) is 5.69 Å². The highest BCUT2D eigenvalue weighted by Gasteiger charge is 2.16. The molecule has 19 heavy (non-hydrogen) atoms. The molecule has 104 valence electrons. The largest absolute Gasteiger partial charge is 0.464 e. The number of ether oxygens (including phenoxy) is 1. The normalized spacial score (nSPS) is 11.7. The summed E-state index contributed by atoms with van der Waals surface area (Å²) >= 11 is 5.94. The van der Waals surface area contributed by atoms with Crippen LogP contribution >= 0.6 is 11.6 Å². The van der Waals surface area contributed by atoms with Crippen LogP contribution in [-0.2, 0) is 16.1 Å². The van der Waals surface area contributed by atoms with Crippen molar-refractivity contribution in [3.05, 3.63) is 34.2 Å². The number of carbonyl (C=O) groups is 1. The zero-order chi connectivity index (χ0) is 14.4. The van der Waals surface area contributed by atoms with Gasteiger partial charge in [-0.1, -0.05) is 17.7 Å². The van der Waals surface area contributed by atoms with Crippen molar-refractivity contribution in [2.24, 2.45) is 0 Å². The van der Waals surface area contributed by atoms with Gasteiger partial charge in [-0.05, 0) is 13.8 Å². The average Bonchev–Trinajstić information content (AvgIpc) is 2.38. The number of halogens is 1. The molecule has 0 spiro atoms. The number of hydrogen-bond donors (Lipinski definition) is 1. The highest BCUT2D eigenvalue weighted by atomic mass is 35.5. The van der Waals surface area contributed by atoms with Crippen molar-refractivity contribution in [1.82, 2.24) is 9.78 Å². The van der Waals surface area contributed by atoms with E-state index in [2.05, 4.69) is 17.0 Å². The van der Waals surface area contributed by atoms with E-state index in [0.717, 1.165) is 0 Å². The van der Waals surface area contributed by atoms with Gasteiger partial charge in [-0.15, -0.1) is 6.58 Å². The number of carbonyl (C=O) groups excluding carboxylic acids is 1. The van der Waals surface area contributed by atoms with E-state index in [1.165, 1.54) is 10.9 Å². The molecule has 0 aliphatic rings. The predicted octanol–water partition coefficient (Wildman–Crippen LogP) is 1.45. The van der Waals surface area contributed by atoms with Crippen LogP contribution in [0.2, 0.25) is 5.02 Å². The molecule has 0 fully saturated rings. The second kappa shape index (κ2) is 6.94. The number of aromatic nitrogens is 2. The van der Waals surface area contributed by atoms with Gasteiger partial charge in [-0.2, -0.15) is 5.10 Å². The lowest BCUT2D eigenvalue weighted by atomic mass is 10.3. The smallest absolute Gasteiger partial charge is 0.328 e. The van der Waals surface area contributed by atoms with Gasteiger partial charge in [0.2, 0.25) is 0 Å². The van der Waals surface area contributed by atoms with Crippen molar-refractivity contribution in [2.75, 3.05) is 11.9 Å². The molecule has 0 radical (unpaired) electrons. The van der Waals surface area contributed by atoms with Crippen LogP contribution in [0.3, 0.4) is 0 Å². The molecule has 1 aromatic heterocycles. The average molecular weight is 286 g/mol. The highest BCUT2D eigenvalue weighted by molar-refractivity contribution is 6.33. The second-order valence-corrected chi connectivity index (χ2v) is 4.14. The Morgan fingerprint density at radius 1 is 1.74 bits per heavy atom. The van der Waals surface area contributed by atoms with E-state index in [1.807, 2.05) is 0 Å². The van der Waals surface area contributed by atoms with Gasteiger partial charge < -0.3 is 10.1 Å². The third-order valence-corrected chi connectivity index (χ3v) is 2.66. The van der Waals surface area contributed by atoms with Gasteiger partial charge in [0.15, 0.2) is 0 Å². The van der Waals surface area contributed by atoms with Crippen molar-refractivity contribution in [1.29, 1.82) is 0 Å². The maximum atomic E-state index is 11.8. The zero-order valence-corrected chi connectivity index (χ0v) is 11.6. The summed E-state index contributed by atoms with van der Waals surface area (Å²) in [7, 11) is 0. The van der Waals surface area contributed by atoms with E-state index in [1.54, 1.807) is 19.9 Å². The van der Waals surface area contributed by atoms with Gasteiger partial charge >= 0.3 is 5.97 Å². The summed E-state index contributed by atoms with van der Waals surface area (Å²) < 4.78 is 6.02. The second-order valence-electron chi connectivity index (χ2n) is 3.77. The van der Waals surface area contributed by atoms with Gasteiger partial charge in [0.05, 0.1) is 25.0 Å². The Morgan fingerprint density at radius 3 is 3.00 bits per heavy atom. The maximum absolute atomic E-state index is 11.8. The molecule has 1 atom stereocenters. The molecule has 1 unspecified atom stereocenters. The first-order valence-corrected chi connectivity index (χ1v) is 6.18. The lowest BCUT2D eigenvalue weighted by molar-refractivity contribution is -0.143. The molecule has 0 amide bonds. The summed E-state index contributed by atoms with van der Waals surface area (Å²) in [5, 5.41) is 6.70. The van der Waals surface area contributed by atoms with E-state index in [9.17, 15) is 9.59 Å². The van der Waals surface area contributed by atoms with Crippen LogP contribution in [0.15, 0.2) is 23.6 Å². The molecular formula is C12H16ClN3O3. The van der Waals surface area contributed by atoms with Gasteiger partial charge in [0.1, 0.15) is 11.1 Å². The summed E-state index contributed by atoms with van der Waals surface area (Å²) in [6, 6.07) is -0.617. The van der Waals surface area contributed by atoms with Crippen LogP contribution in [0, 0.1) is 0 Å². The molecule has 0 bridgehead atoms. The molecule has 1 heterocycles. The van der Waals surface area contributed by atoms with Crippen LogP contribution in [0.1, 0.15) is 13.8 Å². The topological polar surface area (TPSA) is 73.2 Å². The number of hydrogen-bond acceptors (Lipinski definition) is 5. The number of allylic oxidation sites excluding steroid dienone is 1. The molecule has 1 N–H and O–H groups in total. The van der Waals surface area contributed by atoms with Crippen LogP contribution in [0.4, 0.5) is 5.69 Å². The molecule has 1 aromatic rings. The van der Waals surface area contributed by atoms with E-state index in [4.69, 9.17) is 16.3 Å². The number of nitrogens with zero attached hydrogens (tertiary/aromatic N) is 2. The number of nitrogens with one attached hydrogen (secondary N) is 1. The van der Waals surface area contributed by atoms with Crippen LogP contribution < -0.4 is 10.9 Å². The van der Waals surface area contributed by atoms with Crippen LogP contribution in [0.5, 0.6) is 0 Å². The quantitative estimate of drug-likeness (QED) is 0.632. The van der Waals surface area contributed by atoms with Gasteiger partial charge in [0.25, 0.3) is 5.56 Å². The summed E-state index contributed by atoms with van der Waals surface area (Å²) in [5.74, 6) is -0.422. The van der Waals surface area contributed by atoms with Gasteiger partial charge in [-0.25, -0.2) is 9.48 Å². The standard InChI is InChI=1S/C12H16ClN3O3/c1-4-6-16-11(17)10(13)9(7-14-16)15-8(3)12(18)19-5-2/h4,7-8,15H,1,5-6H2,2-3H3. The maximum Gasteiger partial charge on any atom is 0.328 e. The Kier molecular flexibility index (Phi) is 5.57. The lowest BCUT2D eigenvalue weighted by Gasteiger charge is -2.14. The Hall–Kier alpha value is -1.82. The minimum atomic E-state index is -0.617. The van der Waals surface area contributed by atoms with Crippen molar-refractivity contribution in [3.63, 3.8) is 0 Å². The molecule has 6 nitrogen and oxygen atoms in total. The van der Waals surface area contributed by atoms with E-state index in [-0.39, 0.29) is 18.2 Å². The third-order valence-electron chi connectivity index (χ3n) is 2.30. The van der Waals surface area contributed by atoms with Gasteiger partial charge in [0, 0.05) is 0 Å². The third kappa shape index (κ3) is 3.82. The SMILES string of the molecule is C=CCn1ncc(NC(C)C(=O)OCC)c(Cl)c1=O. The monoisotopic (exact) mass is 285 g/mol. The number of esters is 1. The molecule has 0 saturated carbocycles. The van der Waals surface area contributed by atoms with E-state index >= 15 is 0 Å². The molecule has 1 rings (SSSR count). The van der Waals surface area contributed by atoms with Crippen molar-refractivity contribution < 1.29 is 9.53 Å². The summed E-state index contributed by atoms with van der Waals surface area (Å²) in [6.07, 6.45) is 2.93. The minimum absolute atomic E-state index is 0.0204. The van der Waals surface area contributed by atoms with Crippen molar-refractivity contribution in [3.8, 4) is 0 Å². The fourth-order valence-electron chi connectivity index (χ4n) is 1.38. The van der Waals surface area contributed by atoms with Crippen LogP contribution in [-0.4, -0.2) is 28.4 Å². The Morgan fingerprint density at radius 2 is 2.42 bits per heavy atom. The number of anilines is 1. The van der Waals surface area contributed by atoms with E-state index < -0.39 is 17.6 Å². The van der Waals surface area contributed by atoms with Gasteiger partial charge in [-0.3, -0.25) is 4.79 Å². The Balaban J connectivity index is 2.91. The molecule has 0 saturated heterocycles. The molecule has 0 aliphatic carbocycles. The molecule has 7 heteroatoms. The fourth-order valence-corrected chi connectivity index (χ4v) is 1.58. The first kappa shape index (κ1) is 15.2. The Labute approximate surface area is 116 Å². The molecule has 0 aromatic carbocycles. The number of rotatable bonds is 6. The van der Waals surface area contributed by atoms with Crippen LogP contribution in [0.25, 0.3) is 0 Å². The van der Waals surface area contributed by atoms with Crippen molar-refractivity contribution >= 4 is 23.3 Å². The summed E-state index contributed by atoms with van der Waals surface area (Å²) in [4.78, 5) is 23.3. The summed E-state index contributed by atoms with van der Waals surface area (Å²) in [6.45, 7) is 7.41. The molecular weight excluding hydrogens is 270 g/mol. The first-order valence-electron chi connectivity index (χ1n) is 5.81. The highest BCUT2D eigenvalue weighted by Crippen LogP contribution is 2.16. The Bertz CT molecular complexity index is 527. The predicted molar refractivity (Wildman–Crippen MR) is 73.4 cm³/mol. The fraction of sp³-hybridized carbons (Fsp3) is 0.417. The molecule has 0 aliphatic heterocycles.